The van der Waals surface area contributed by atoms with E-state index in [9.17, 15) is 0 Å². The summed E-state index contributed by atoms with van der Waals surface area (Å²) in [5.74, 6) is 2.27. The van der Waals surface area contributed by atoms with Gasteiger partial charge in [0, 0.05) is 43.4 Å². The second-order valence-corrected chi connectivity index (χ2v) is 6.44. The van der Waals surface area contributed by atoms with Crippen LogP contribution in [0.15, 0.2) is 18.3 Å². The molecule has 0 bridgehead atoms. The van der Waals surface area contributed by atoms with Crippen LogP contribution in [0, 0.1) is 0 Å². The summed E-state index contributed by atoms with van der Waals surface area (Å²) in [6, 6.07) is 4.31. The van der Waals surface area contributed by atoms with E-state index in [1.165, 1.54) is 24.4 Å². The summed E-state index contributed by atoms with van der Waals surface area (Å²) in [7, 11) is 0. The minimum Gasteiger partial charge on any atom is -0.370 e. The molecule has 100 valence electrons. The van der Waals surface area contributed by atoms with Crippen LogP contribution in [0.1, 0.15) is 25.8 Å². The topological polar surface area (TPSA) is 28.2 Å². The first-order valence-corrected chi connectivity index (χ1v) is 7.85. The number of aromatic nitrogens is 1. The molecule has 1 atom stereocenters. The van der Waals surface area contributed by atoms with Crippen molar-refractivity contribution < 1.29 is 0 Å². The van der Waals surface area contributed by atoms with Gasteiger partial charge in [0.05, 0.1) is 0 Å². The number of nitrogens with zero attached hydrogens (tertiary/aromatic N) is 2. The molecule has 0 amide bonds. The van der Waals surface area contributed by atoms with Gasteiger partial charge in [0.2, 0.25) is 0 Å². The number of hydrogen-bond donors (Lipinski definition) is 1. The van der Waals surface area contributed by atoms with Gasteiger partial charge >= 0.3 is 0 Å². The summed E-state index contributed by atoms with van der Waals surface area (Å²) in [4.78, 5) is 6.89. The first-order chi connectivity index (χ1) is 8.78. The van der Waals surface area contributed by atoms with Gasteiger partial charge in [-0.1, -0.05) is 13.8 Å². The first kappa shape index (κ1) is 13.7. The molecule has 3 nitrogen and oxygen atoms in total. The Morgan fingerprint density at radius 2 is 2.44 bits per heavy atom. The molecular formula is C14H23N3S. The second-order valence-electron chi connectivity index (χ2n) is 4.89. The molecule has 0 spiro atoms. The Morgan fingerprint density at radius 3 is 3.22 bits per heavy atom. The fourth-order valence-electron chi connectivity index (χ4n) is 2.21. The number of thioether (sulfide) groups is 1. The summed E-state index contributed by atoms with van der Waals surface area (Å²) in [5, 5.41) is 4.11. The molecule has 0 aromatic carbocycles. The van der Waals surface area contributed by atoms with Crippen LogP contribution in [0.3, 0.4) is 0 Å². The molecule has 2 heterocycles. The van der Waals surface area contributed by atoms with Crippen LogP contribution in [0.25, 0.3) is 0 Å². The molecule has 1 aromatic rings. The van der Waals surface area contributed by atoms with E-state index in [0.29, 0.717) is 0 Å². The fraction of sp³-hybridized carbons (Fsp3) is 0.643. The van der Waals surface area contributed by atoms with E-state index in [1.807, 2.05) is 6.20 Å². The van der Waals surface area contributed by atoms with E-state index >= 15 is 0 Å². The van der Waals surface area contributed by atoms with Crippen molar-refractivity contribution in [1.82, 2.24) is 9.88 Å². The summed E-state index contributed by atoms with van der Waals surface area (Å²) in [5.41, 5.74) is 1.36. The van der Waals surface area contributed by atoms with Gasteiger partial charge in [-0.3, -0.25) is 4.90 Å². The summed E-state index contributed by atoms with van der Waals surface area (Å²) >= 11 is 2.08. The normalized spacial score (nSPS) is 20.9. The molecule has 2 rings (SSSR count). The van der Waals surface area contributed by atoms with Crippen LogP contribution in [0.2, 0.25) is 0 Å². The van der Waals surface area contributed by atoms with Gasteiger partial charge in [-0.2, -0.15) is 11.8 Å². The van der Waals surface area contributed by atoms with Crippen molar-refractivity contribution >= 4 is 17.6 Å². The van der Waals surface area contributed by atoms with Gasteiger partial charge in [-0.05, 0) is 24.1 Å². The average molecular weight is 265 g/mol. The molecule has 0 radical (unpaired) electrons. The highest BCUT2D eigenvalue weighted by molar-refractivity contribution is 7.99. The van der Waals surface area contributed by atoms with E-state index in [0.717, 1.165) is 30.6 Å². The standard InChI is InChI=1S/C14H23N3S/c1-3-5-15-14-9-13(4-6-16-14)11-17-7-8-18-12(2)10-17/h4,6,9,12H,3,5,7-8,10-11H2,1-2H3,(H,15,16). The van der Waals surface area contributed by atoms with Gasteiger partial charge in [-0.15, -0.1) is 0 Å². The average Bonchev–Trinajstić information content (AvgIpc) is 2.37. The Labute approximate surface area is 114 Å². The van der Waals surface area contributed by atoms with Crippen LogP contribution in [0.4, 0.5) is 5.82 Å². The fourth-order valence-corrected chi connectivity index (χ4v) is 3.30. The summed E-state index contributed by atoms with van der Waals surface area (Å²) in [6.07, 6.45) is 3.04. The molecule has 1 saturated heterocycles. The highest BCUT2D eigenvalue weighted by Gasteiger charge is 2.16. The number of pyridine rings is 1. The Bertz CT molecular complexity index is 370. The molecule has 1 aromatic heterocycles. The summed E-state index contributed by atoms with van der Waals surface area (Å²) < 4.78 is 0. The van der Waals surface area contributed by atoms with E-state index in [2.05, 4.69) is 52.9 Å². The number of nitrogens with one attached hydrogen (secondary N) is 1. The van der Waals surface area contributed by atoms with Crippen LogP contribution < -0.4 is 5.32 Å². The van der Waals surface area contributed by atoms with Crippen molar-refractivity contribution in [2.45, 2.75) is 32.1 Å². The molecule has 1 N–H and O–H groups in total. The Morgan fingerprint density at radius 1 is 1.56 bits per heavy atom. The molecule has 0 aliphatic carbocycles. The second kappa shape index (κ2) is 7.00. The Balaban J connectivity index is 1.91. The van der Waals surface area contributed by atoms with Gasteiger partial charge in [-0.25, -0.2) is 4.98 Å². The van der Waals surface area contributed by atoms with Crippen molar-refractivity contribution in [2.75, 3.05) is 30.7 Å². The number of hydrogen-bond acceptors (Lipinski definition) is 4. The first-order valence-electron chi connectivity index (χ1n) is 6.80. The van der Waals surface area contributed by atoms with Crippen LogP contribution >= 0.6 is 11.8 Å². The van der Waals surface area contributed by atoms with Crippen LogP contribution in [-0.4, -0.2) is 40.5 Å². The highest BCUT2D eigenvalue weighted by Crippen LogP contribution is 2.19. The molecule has 1 aliphatic rings. The van der Waals surface area contributed by atoms with Gasteiger partial charge in [0.1, 0.15) is 5.82 Å². The van der Waals surface area contributed by atoms with Crippen molar-refractivity contribution in [1.29, 1.82) is 0 Å². The number of anilines is 1. The van der Waals surface area contributed by atoms with E-state index in [1.54, 1.807) is 0 Å². The Hall–Kier alpha value is -0.740. The lowest BCUT2D eigenvalue weighted by molar-refractivity contribution is 0.278. The molecule has 1 unspecified atom stereocenters. The largest absolute Gasteiger partial charge is 0.370 e. The minimum absolute atomic E-state index is 0.762. The van der Waals surface area contributed by atoms with Crippen molar-refractivity contribution in [2.24, 2.45) is 0 Å². The van der Waals surface area contributed by atoms with Crippen molar-refractivity contribution in [3.8, 4) is 0 Å². The van der Waals surface area contributed by atoms with E-state index in [-0.39, 0.29) is 0 Å². The Kier molecular flexibility index (Phi) is 5.32. The lowest BCUT2D eigenvalue weighted by atomic mass is 10.2. The molecule has 0 saturated carbocycles. The minimum atomic E-state index is 0.762. The maximum absolute atomic E-state index is 4.35. The van der Waals surface area contributed by atoms with E-state index in [4.69, 9.17) is 0 Å². The zero-order valence-electron chi connectivity index (χ0n) is 11.4. The third-order valence-electron chi connectivity index (χ3n) is 3.11. The van der Waals surface area contributed by atoms with Gasteiger partial charge in [0.25, 0.3) is 0 Å². The zero-order valence-corrected chi connectivity index (χ0v) is 12.2. The van der Waals surface area contributed by atoms with Crippen molar-refractivity contribution in [3.63, 3.8) is 0 Å². The predicted octanol–water partition coefficient (Wildman–Crippen LogP) is 2.84. The predicted molar refractivity (Wildman–Crippen MR) is 80.2 cm³/mol. The maximum atomic E-state index is 4.35. The van der Waals surface area contributed by atoms with Crippen LogP contribution in [-0.2, 0) is 6.54 Å². The quantitative estimate of drug-likeness (QED) is 0.886. The third kappa shape index (κ3) is 4.18. The maximum Gasteiger partial charge on any atom is 0.126 e. The number of rotatable bonds is 5. The SMILES string of the molecule is CCCNc1cc(CN2CCSC(C)C2)ccn1. The molecule has 18 heavy (non-hydrogen) atoms. The summed E-state index contributed by atoms with van der Waals surface area (Å²) in [6.45, 7) is 8.93. The lowest BCUT2D eigenvalue weighted by Gasteiger charge is -2.30. The highest BCUT2D eigenvalue weighted by atomic mass is 32.2. The van der Waals surface area contributed by atoms with Gasteiger partial charge < -0.3 is 5.32 Å². The van der Waals surface area contributed by atoms with Crippen molar-refractivity contribution in [3.05, 3.63) is 23.9 Å². The van der Waals surface area contributed by atoms with Gasteiger partial charge in [0.15, 0.2) is 0 Å². The third-order valence-corrected chi connectivity index (χ3v) is 4.25. The molecule has 1 fully saturated rings. The zero-order chi connectivity index (χ0) is 12.8. The lowest BCUT2D eigenvalue weighted by Crippen LogP contribution is -2.36. The van der Waals surface area contributed by atoms with E-state index < -0.39 is 0 Å². The smallest absolute Gasteiger partial charge is 0.126 e. The molecule has 4 heteroatoms. The van der Waals surface area contributed by atoms with Crippen LogP contribution in [0.5, 0.6) is 0 Å². The molecule has 1 aliphatic heterocycles. The molecular weight excluding hydrogens is 242 g/mol. The monoisotopic (exact) mass is 265 g/mol.